The van der Waals surface area contributed by atoms with Crippen molar-refractivity contribution in [2.24, 2.45) is 5.73 Å². The van der Waals surface area contributed by atoms with E-state index in [1.54, 1.807) is 6.92 Å². The molecule has 0 spiro atoms. The molecule has 0 aromatic heterocycles. The van der Waals surface area contributed by atoms with Gasteiger partial charge in [0.15, 0.2) is 5.78 Å². The normalized spacial score (nSPS) is 13.1. The van der Waals surface area contributed by atoms with Crippen LogP contribution in [0, 0.1) is 0 Å². The van der Waals surface area contributed by atoms with E-state index >= 15 is 0 Å². The second kappa shape index (κ2) is 5.58. The molecule has 0 aromatic rings. The molecule has 86 valence electrons. The zero-order valence-electron chi connectivity index (χ0n) is 8.14. The van der Waals surface area contributed by atoms with Gasteiger partial charge in [0.25, 0.3) is 0 Å². The van der Waals surface area contributed by atoms with Crippen molar-refractivity contribution < 1.29 is 14.3 Å². The average Bonchev–Trinajstić information content (AvgIpc) is 2.02. The highest BCUT2D eigenvalue weighted by Crippen LogP contribution is 2.33. The van der Waals surface area contributed by atoms with Crippen LogP contribution in [-0.2, 0) is 14.3 Å². The minimum absolute atomic E-state index is 0.1000. The van der Waals surface area contributed by atoms with Gasteiger partial charge >= 0.3 is 5.97 Å². The summed E-state index contributed by atoms with van der Waals surface area (Å²) in [4.78, 5) is 22.4. The molecule has 0 atom stereocenters. The maximum atomic E-state index is 11.3. The van der Waals surface area contributed by atoms with Crippen molar-refractivity contribution in [3.05, 3.63) is 11.3 Å². The van der Waals surface area contributed by atoms with Crippen molar-refractivity contribution >= 4 is 46.6 Å². The lowest BCUT2D eigenvalue weighted by Crippen LogP contribution is -2.26. The molecule has 0 aliphatic heterocycles. The quantitative estimate of drug-likeness (QED) is 0.280. The van der Waals surface area contributed by atoms with E-state index in [-0.39, 0.29) is 6.61 Å². The lowest BCUT2D eigenvalue weighted by Gasteiger charge is -2.14. The second-order valence-corrected chi connectivity index (χ2v) is 4.84. The van der Waals surface area contributed by atoms with Crippen LogP contribution in [0.1, 0.15) is 13.8 Å². The number of hydrogen-bond acceptors (Lipinski definition) is 4. The lowest BCUT2D eigenvalue weighted by atomic mass is 10.1. The Labute approximate surface area is 102 Å². The summed E-state index contributed by atoms with van der Waals surface area (Å²) in [6.45, 7) is 2.82. The van der Waals surface area contributed by atoms with E-state index in [2.05, 4.69) is 4.74 Å². The Morgan fingerprint density at radius 3 is 2.07 bits per heavy atom. The summed E-state index contributed by atoms with van der Waals surface area (Å²) >= 11 is 16.4. The van der Waals surface area contributed by atoms with Crippen LogP contribution in [0.3, 0.4) is 0 Å². The molecule has 0 saturated heterocycles. The molecule has 2 N–H and O–H groups in total. The van der Waals surface area contributed by atoms with Crippen LogP contribution in [0.4, 0.5) is 0 Å². The van der Waals surface area contributed by atoms with Crippen LogP contribution >= 0.6 is 34.8 Å². The van der Waals surface area contributed by atoms with E-state index in [0.29, 0.717) is 0 Å². The van der Waals surface area contributed by atoms with Gasteiger partial charge in [0, 0.05) is 0 Å². The zero-order valence-corrected chi connectivity index (χ0v) is 10.4. The number of ether oxygens (including phenoxy) is 1. The van der Waals surface area contributed by atoms with E-state index in [1.165, 1.54) is 0 Å². The van der Waals surface area contributed by atoms with Gasteiger partial charge in [0.2, 0.25) is 3.79 Å². The molecule has 4 nitrogen and oxygen atoms in total. The first-order valence-electron chi connectivity index (χ1n) is 3.96. The fraction of sp³-hybridized carbons (Fsp3) is 0.500. The van der Waals surface area contributed by atoms with Crippen LogP contribution in [0.15, 0.2) is 11.3 Å². The molecule has 0 rings (SSSR count). The van der Waals surface area contributed by atoms with E-state index in [9.17, 15) is 9.59 Å². The Morgan fingerprint density at radius 1 is 1.33 bits per heavy atom. The van der Waals surface area contributed by atoms with Crippen molar-refractivity contribution in [1.82, 2.24) is 0 Å². The van der Waals surface area contributed by atoms with Gasteiger partial charge in [-0.25, -0.2) is 4.79 Å². The SMILES string of the molecule is CCOC(=O)/C(C(C)=O)=C(/N)C(Cl)(Cl)Cl. The number of Topliss-reactive ketones (excluding diaryl/α,β-unsaturated/α-hetero) is 1. The molecule has 0 unspecified atom stereocenters. The highest BCUT2D eigenvalue weighted by atomic mass is 35.6. The van der Waals surface area contributed by atoms with Crippen LogP contribution in [-0.4, -0.2) is 22.2 Å². The summed E-state index contributed by atoms with van der Waals surface area (Å²) in [5.41, 5.74) is 4.52. The minimum Gasteiger partial charge on any atom is -0.462 e. The predicted molar refractivity (Wildman–Crippen MR) is 58.8 cm³/mol. The Hall–Kier alpha value is -0.450. The number of carbonyl (C=O) groups excluding carboxylic acids is 2. The van der Waals surface area contributed by atoms with Gasteiger partial charge in [0.1, 0.15) is 5.57 Å². The van der Waals surface area contributed by atoms with Gasteiger partial charge in [-0.05, 0) is 13.8 Å². The Bertz CT molecular complexity index is 307. The number of hydrogen-bond donors (Lipinski definition) is 1. The Kier molecular flexibility index (Phi) is 5.42. The van der Waals surface area contributed by atoms with Gasteiger partial charge in [-0.2, -0.15) is 0 Å². The molecule has 0 aliphatic rings. The summed E-state index contributed by atoms with van der Waals surface area (Å²) in [6, 6.07) is 0. The number of esters is 1. The first-order valence-corrected chi connectivity index (χ1v) is 5.10. The van der Waals surface area contributed by atoms with Crippen LogP contribution in [0.25, 0.3) is 0 Å². The summed E-state index contributed by atoms with van der Waals surface area (Å²) < 4.78 is 2.60. The van der Waals surface area contributed by atoms with Crippen LogP contribution < -0.4 is 5.73 Å². The zero-order chi connectivity index (χ0) is 12.2. The minimum atomic E-state index is -2.01. The molecular formula is C8H10Cl3NO3. The molecule has 0 fully saturated rings. The van der Waals surface area contributed by atoms with Crippen molar-refractivity contribution in [3.63, 3.8) is 0 Å². The third-order valence-electron chi connectivity index (χ3n) is 1.41. The fourth-order valence-electron chi connectivity index (χ4n) is 0.788. The van der Waals surface area contributed by atoms with Gasteiger partial charge < -0.3 is 10.5 Å². The molecule has 7 heteroatoms. The largest absolute Gasteiger partial charge is 0.462 e. The molecule has 0 heterocycles. The number of alkyl halides is 3. The second-order valence-electron chi connectivity index (χ2n) is 2.56. The van der Waals surface area contributed by atoms with Gasteiger partial charge in [-0.3, -0.25) is 4.79 Å². The molecule has 0 amide bonds. The molecule has 0 radical (unpaired) electrons. The summed E-state index contributed by atoms with van der Waals surface area (Å²) in [5, 5.41) is 0. The average molecular weight is 275 g/mol. The van der Waals surface area contributed by atoms with Crippen molar-refractivity contribution in [2.75, 3.05) is 6.61 Å². The molecule has 0 aliphatic carbocycles. The number of allylic oxidation sites excluding steroid dienone is 1. The summed E-state index contributed by atoms with van der Waals surface area (Å²) in [7, 11) is 0. The van der Waals surface area contributed by atoms with E-state index in [4.69, 9.17) is 40.5 Å². The summed E-state index contributed by atoms with van der Waals surface area (Å²) in [6.07, 6.45) is 0. The summed E-state index contributed by atoms with van der Waals surface area (Å²) in [5.74, 6) is -1.51. The van der Waals surface area contributed by atoms with Gasteiger partial charge in [-0.1, -0.05) is 34.8 Å². The first-order chi connectivity index (χ1) is 6.71. The standard InChI is InChI=1S/C8H10Cl3NO3/c1-3-15-7(14)5(4(2)13)6(12)8(9,10)11/h3,12H2,1-2H3/b6-5+. The van der Waals surface area contributed by atoms with Crippen molar-refractivity contribution in [3.8, 4) is 0 Å². The molecular weight excluding hydrogens is 264 g/mol. The molecule has 15 heavy (non-hydrogen) atoms. The van der Waals surface area contributed by atoms with E-state index in [1.807, 2.05) is 0 Å². The lowest BCUT2D eigenvalue weighted by molar-refractivity contribution is -0.139. The number of ketones is 1. The molecule has 0 aromatic carbocycles. The monoisotopic (exact) mass is 273 g/mol. The smallest absolute Gasteiger partial charge is 0.343 e. The van der Waals surface area contributed by atoms with Crippen LogP contribution in [0.2, 0.25) is 0 Å². The fourth-order valence-corrected chi connectivity index (χ4v) is 1.07. The maximum Gasteiger partial charge on any atom is 0.343 e. The Balaban J connectivity index is 5.31. The number of rotatable bonds is 3. The first kappa shape index (κ1) is 14.6. The number of halogens is 3. The van der Waals surface area contributed by atoms with Crippen molar-refractivity contribution in [2.45, 2.75) is 17.6 Å². The molecule has 0 bridgehead atoms. The van der Waals surface area contributed by atoms with E-state index < -0.39 is 26.8 Å². The molecule has 0 saturated carbocycles. The van der Waals surface area contributed by atoms with Crippen molar-refractivity contribution in [1.29, 1.82) is 0 Å². The number of nitrogens with two attached hydrogens (primary N) is 1. The third kappa shape index (κ3) is 4.28. The predicted octanol–water partition coefficient (Wildman–Crippen LogP) is 1.72. The topological polar surface area (TPSA) is 69.4 Å². The Morgan fingerprint density at radius 2 is 1.80 bits per heavy atom. The van der Waals surface area contributed by atoms with Gasteiger partial charge in [0.05, 0.1) is 12.3 Å². The third-order valence-corrected chi connectivity index (χ3v) is 2.02. The maximum absolute atomic E-state index is 11.3. The highest BCUT2D eigenvalue weighted by molar-refractivity contribution is 6.69. The number of carbonyl (C=O) groups is 2. The van der Waals surface area contributed by atoms with Crippen LogP contribution in [0.5, 0.6) is 0 Å². The highest BCUT2D eigenvalue weighted by Gasteiger charge is 2.32. The van der Waals surface area contributed by atoms with Gasteiger partial charge in [-0.15, -0.1) is 0 Å². The van der Waals surface area contributed by atoms with E-state index in [0.717, 1.165) is 6.92 Å².